The number of allylic oxidation sites excluding steroid dienone is 2. The zero-order valence-electron chi connectivity index (χ0n) is 13.1. The van der Waals surface area contributed by atoms with E-state index in [1.54, 1.807) is 6.92 Å². The molecular formula is C19H23NO2. The molecule has 1 aromatic carbocycles. The number of carbonyl (C=O) groups excluding carboxylic acids is 1. The van der Waals surface area contributed by atoms with E-state index >= 15 is 0 Å². The maximum atomic E-state index is 12.4. The Kier molecular flexibility index (Phi) is 5.59. The van der Waals surface area contributed by atoms with E-state index in [0.29, 0.717) is 23.5 Å². The highest BCUT2D eigenvalue weighted by Gasteiger charge is 2.22. The molecule has 0 heterocycles. The Labute approximate surface area is 132 Å². The molecular weight excluding hydrogens is 274 g/mol. The quantitative estimate of drug-likeness (QED) is 0.508. The van der Waals surface area contributed by atoms with Crippen LogP contribution in [0.15, 0.2) is 59.7 Å². The lowest BCUT2D eigenvalue weighted by Crippen LogP contribution is -2.16. The van der Waals surface area contributed by atoms with Crippen molar-refractivity contribution in [2.75, 3.05) is 6.61 Å². The summed E-state index contributed by atoms with van der Waals surface area (Å²) in [6, 6.07) is 9.48. The average Bonchev–Trinajstić information content (AvgIpc) is 2.56. The van der Waals surface area contributed by atoms with Gasteiger partial charge in [-0.25, -0.2) is 4.79 Å². The first-order valence-electron chi connectivity index (χ1n) is 7.76. The average molecular weight is 297 g/mol. The number of ether oxygens (including phenoxy) is 1. The minimum atomic E-state index is -0.402. The van der Waals surface area contributed by atoms with Crippen molar-refractivity contribution in [2.45, 2.75) is 32.6 Å². The van der Waals surface area contributed by atoms with Gasteiger partial charge in [-0.1, -0.05) is 43.0 Å². The highest BCUT2D eigenvalue weighted by molar-refractivity contribution is 6.02. The SMILES string of the molecule is C=C(C1=CCCCC1)/C(C(=O)OCC)=C(\N)c1ccccc1. The van der Waals surface area contributed by atoms with Gasteiger partial charge in [0.2, 0.25) is 0 Å². The van der Waals surface area contributed by atoms with Crippen LogP contribution in [-0.4, -0.2) is 12.6 Å². The van der Waals surface area contributed by atoms with E-state index in [4.69, 9.17) is 10.5 Å². The zero-order chi connectivity index (χ0) is 15.9. The van der Waals surface area contributed by atoms with Crippen LogP contribution in [0.2, 0.25) is 0 Å². The lowest BCUT2D eigenvalue weighted by molar-refractivity contribution is -0.138. The molecule has 2 N–H and O–H groups in total. The van der Waals surface area contributed by atoms with E-state index < -0.39 is 5.97 Å². The molecule has 0 spiro atoms. The van der Waals surface area contributed by atoms with E-state index in [1.165, 1.54) is 6.42 Å². The molecule has 3 heteroatoms. The predicted molar refractivity (Wildman–Crippen MR) is 89.9 cm³/mol. The summed E-state index contributed by atoms with van der Waals surface area (Å²) in [7, 11) is 0. The van der Waals surface area contributed by atoms with Crippen molar-refractivity contribution in [2.24, 2.45) is 5.73 Å². The van der Waals surface area contributed by atoms with Crippen LogP contribution in [0.5, 0.6) is 0 Å². The second-order valence-electron chi connectivity index (χ2n) is 5.33. The van der Waals surface area contributed by atoms with Crippen LogP contribution >= 0.6 is 0 Å². The minimum Gasteiger partial charge on any atom is -0.462 e. The van der Waals surface area contributed by atoms with Gasteiger partial charge in [0.15, 0.2) is 0 Å². The van der Waals surface area contributed by atoms with Gasteiger partial charge in [-0.2, -0.15) is 0 Å². The fourth-order valence-electron chi connectivity index (χ4n) is 2.63. The summed E-state index contributed by atoms with van der Waals surface area (Å²) in [5.74, 6) is -0.402. The third kappa shape index (κ3) is 3.67. The number of benzene rings is 1. The van der Waals surface area contributed by atoms with Crippen LogP contribution in [0.3, 0.4) is 0 Å². The molecule has 0 radical (unpaired) electrons. The van der Waals surface area contributed by atoms with Gasteiger partial charge in [-0.3, -0.25) is 0 Å². The van der Waals surface area contributed by atoms with Crippen LogP contribution in [0.1, 0.15) is 38.2 Å². The van der Waals surface area contributed by atoms with E-state index in [-0.39, 0.29) is 0 Å². The Hall–Kier alpha value is -2.29. The summed E-state index contributed by atoms with van der Waals surface area (Å²) in [5.41, 5.74) is 9.69. The molecule has 1 aliphatic rings. The summed E-state index contributed by atoms with van der Waals surface area (Å²) >= 11 is 0. The fraction of sp³-hybridized carbons (Fsp3) is 0.316. The van der Waals surface area contributed by atoms with Gasteiger partial charge in [-0.05, 0) is 49.3 Å². The lowest BCUT2D eigenvalue weighted by Gasteiger charge is -2.19. The van der Waals surface area contributed by atoms with Gasteiger partial charge in [-0.15, -0.1) is 0 Å². The zero-order valence-corrected chi connectivity index (χ0v) is 13.1. The highest BCUT2D eigenvalue weighted by Crippen LogP contribution is 2.31. The minimum absolute atomic E-state index is 0.316. The van der Waals surface area contributed by atoms with Crippen molar-refractivity contribution in [1.82, 2.24) is 0 Å². The summed E-state index contributed by atoms with van der Waals surface area (Å²) in [4.78, 5) is 12.4. The van der Waals surface area contributed by atoms with Gasteiger partial charge in [0.05, 0.1) is 17.9 Å². The molecule has 0 amide bonds. The molecule has 1 aliphatic carbocycles. The van der Waals surface area contributed by atoms with Gasteiger partial charge >= 0.3 is 5.97 Å². The molecule has 0 saturated heterocycles. The van der Waals surface area contributed by atoms with Crippen molar-refractivity contribution >= 4 is 11.7 Å². The Morgan fingerprint density at radius 2 is 2.00 bits per heavy atom. The van der Waals surface area contributed by atoms with Crippen molar-refractivity contribution in [3.63, 3.8) is 0 Å². The molecule has 1 aromatic rings. The Morgan fingerprint density at radius 1 is 1.27 bits per heavy atom. The second-order valence-corrected chi connectivity index (χ2v) is 5.33. The number of esters is 1. The van der Waals surface area contributed by atoms with Crippen molar-refractivity contribution < 1.29 is 9.53 Å². The Balaban J connectivity index is 2.44. The van der Waals surface area contributed by atoms with Crippen LogP contribution in [0, 0.1) is 0 Å². The number of carbonyl (C=O) groups is 1. The molecule has 0 aromatic heterocycles. The van der Waals surface area contributed by atoms with Crippen LogP contribution in [0.25, 0.3) is 5.70 Å². The molecule has 0 atom stereocenters. The molecule has 0 saturated carbocycles. The fourth-order valence-corrected chi connectivity index (χ4v) is 2.63. The summed E-state index contributed by atoms with van der Waals surface area (Å²) < 4.78 is 5.19. The van der Waals surface area contributed by atoms with Crippen molar-refractivity contribution in [1.29, 1.82) is 0 Å². The smallest absolute Gasteiger partial charge is 0.340 e. The van der Waals surface area contributed by atoms with Crippen LogP contribution < -0.4 is 5.73 Å². The maximum absolute atomic E-state index is 12.4. The number of hydrogen-bond acceptors (Lipinski definition) is 3. The van der Waals surface area contributed by atoms with E-state index in [1.807, 2.05) is 30.3 Å². The van der Waals surface area contributed by atoms with Gasteiger partial charge < -0.3 is 10.5 Å². The van der Waals surface area contributed by atoms with E-state index in [2.05, 4.69) is 12.7 Å². The number of rotatable bonds is 5. The first-order valence-corrected chi connectivity index (χ1v) is 7.76. The summed E-state index contributed by atoms with van der Waals surface area (Å²) in [6.07, 6.45) is 6.42. The lowest BCUT2D eigenvalue weighted by atomic mass is 9.88. The Morgan fingerprint density at radius 3 is 2.59 bits per heavy atom. The topological polar surface area (TPSA) is 52.3 Å². The number of hydrogen-bond donors (Lipinski definition) is 1. The molecule has 2 rings (SSSR count). The molecule has 0 aliphatic heterocycles. The highest BCUT2D eigenvalue weighted by atomic mass is 16.5. The molecule has 116 valence electrons. The molecule has 0 fully saturated rings. The van der Waals surface area contributed by atoms with Crippen molar-refractivity contribution in [3.05, 3.63) is 65.3 Å². The predicted octanol–water partition coefficient (Wildman–Crippen LogP) is 3.98. The molecule has 22 heavy (non-hydrogen) atoms. The third-order valence-corrected chi connectivity index (χ3v) is 3.81. The molecule has 0 unspecified atom stereocenters. The summed E-state index contributed by atoms with van der Waals surface area (Å²) in [5, 5.41) is 0. The Bertz CT molecular complexity index is 612. The molecule has 3 nitrogen and oxygen atoms in total. The van der Waals surface area contributed by atoms with Crippen LogP contribution in [-0.2, 0) is 9.53 Å². The van der Waals surface area contributed by atoms with Crippen LogP contribution in [0.4, 0.5) is 0 Å². The largest absolute Gasteiger partial charge is 0.462 e. The third-order valence-electron chi connectivity index (χ3n) is 3.81. The first-order chi connectivity index (χ1) is 10.6. The van der Waals surface area contributed by atoms with Crippen molar-refractivity contribution in [3.8, 4) is 0 Å². The maximum Gasteiger partial charge on any atom is 0.340 e. The molecule has 0 bridgehead atoms. The summed E-state index contributed by atoms with van der Waals surface area (Å²) in [6.45, 7) is 6.23. The number of nitrogens with two attached hydrogens (primary N) is 1. The monoisotopic (exact) mass is 297 g/mol. The second kappa shape index (κ2) is 7.64. The first kappa shape index (κ1) is 16.1. The standard InChI is InChI=1S/C19H23NO2/c1-3-22-19(21)17(14(2)15-10-6-4-7-11-15)18(20)16-12-8-5-9-13-16/h5,8-10,12-13H,2-4,6-7,11,20H2,1H3/b18-17+. The van der Waals surface area contributed by atoms with Gasteiger partial charge in [0.25, 0.3) is 0 Å². The van der Waals surface area contributed by atoms with E-state index in [0.717, 1.165) is 30.4 Å². The normalized spacial score (nSPS) is 15.6. The van der Waals surface area contributed by atoms with Gasteiger partial charge in [0.1, 0.15) is 0 Å². The van der Waals surface area contributed by atoms with E-state index in [9.17, 15) is 4.79 Å². The van der Waals surface area contributed by atoms with Gasteiger partial charge in [0, 0.05) is 0 Å².